The molecule has 0 saturated carbocycles. The van der Waals surface area contributed by atoms with Crippen molar-refractivity contribution in [3.63, 3.8) is 0 Å². The van der Waals surface area contributed by atoms with E-state index in [1.165, 1.54) is 0 Å². The zero-order valence-electron chi connectivity index (χ0n) is 24.6. The van der Waals surface area contributed by atoms with E-state index < -0.39 is 77.8 Å². The van der Waals surface area contributed by atoms with E-state index in [2.05, 4.69) is 16.0 Å². The van der Waals surface area contributed by atoms with Crippen molar-refractivity contribution < 1.29 is 48.1 Å². The molecule has 0 aromatic heterocycles. The number of nitrogens with two attached hydrogens (primary N) is 2. The van der Waals surface area contributed by atoms with Crippen LogP contribution in [0.25, 0.3) is 0 Å². The Morgan fingerprint density at radius 1 is 1.00 bits per heavy atom. The van der Waals surface area contributed by atoms with Gasteiger partial charge in [-0.3, -0.25) is 29.4 Å². The van der Waals surface area contributed by atoms with Crippen molar-refractivity contribution in [1.29, 1.82) is 5.41 Å². The first-order valence-electron chi connectivity index (χ1n) is 13.5. The number of nitrogens with one attached hydrogen (secondary N) is 4. The van der Waals surface area contributed by atoms with Crippen LogP contribution in [0.5, 0.6) is 0 Å². The van der Waals surface area contributed by atoms with Crippen molar-refractivity contribution in [2.24, 2.45) is 11.5 Å². The third-order valence-electron chi connectivity index (χ3n) is 5.82. The molecule has 9 N–H and O–H groups in total. The first-order chi connectivity index (χ1) is 19.9. The molecule has 0 unspecified atom stereocenters. The summed E-state index contributed by atoms with van der Waals surface area (Å²) in [7, 11) is 0. The van der Waals surface area contributed by atoms with E-state index >= 15 is 0 Å². The van der Waals surface area contributed by atoms with E-state index in [1.54, 1.807) is 27.7 Å². The quantitative estimate of drug-likeness (QED) is 0.0830. The Hall–Kier alpha value is -4.09. The molecule has 242 valence electrons. The second-order valence-corrected chi connectivity index (χ2v) is 11.5. The average Bonchev–Trinajstić information content (AvgIpc) is 3.37. The molecule has 1 saturated heterocycles. The molecule has 1 heterocycles. The van der Waals surface area contributed by atoms with Gasteiger partial charge in [0.25, 0.3) is 0 Å². The molecule has 43 heavy (non-hydrogen) atoms. The molecule has 0 aromatic rings. The fraction of sp³-hybridized carbons (Fsp3) is 0.680. The van der Waals surface area contributed by atoms with Gasteiger partial charge in [-0.1, -0.05) is 11.8 Å². The van der Waals surface area contributed by atoms with Gasteiger partial charge in [-0.25, -0.2) is 9.59 Å². The number of carboxylic acids is 1. The lowest BCUT2D eigenvalue weighted by atomic mass is 10.1. The molecule has 0 aliphatic carbocycles. The number of nitrogens with zero attached hydrogens (tertiary/aromatic N) is 1. The van der Waals surface area contributed by atoms with Crippen LogP contribution in [0, 0.1) is 5.41 Å². The minimum absolute atomic E-state index is 0.120. The number of amides is 6. The van der Waals surface area contributed by atoms with Crippen LogP contribution in [-0.4, -0.2) is 106 Å². The highest BCUT2D eigenvalue weighted by molar-refractivity contribution is 8.13. The zero-order chi connectivity index (χ0) is 32.9. The van der Waals surface area contributed by atoms with E-state index in [0.717, 1.165) is 16.7 Å². The van der Waals surface area contributed by atoms with Crippen molar-refractivity contribution >= 4 is 58.6 Å². The lowest BCUT2D eigenvalue weighted by Crippen LogP contribution is -2.59. The number of alkyl carbamates (subject to hydrolysis) is 1. The Bertz CT molecular complexity index is 1080. The fourth-order valence-electron chi connectivity index (χ4n) is 3.95. The number of hydrogen-bond acceptors (Lipinski definition) is 11. The predicted molar refractivity (Wildman–Crippen MR) is 153 cm³/mol. The van der Waals surface area contributed by atoms with E-state index in [-0.39, 0.29) is 43.4 Å². The highest BCUT2D eigenvalue weighted by Gasteiger charge is 2.39. The van der Waals surface area contributed by atoms with Gasteiger partial charge in [0.15, 0.2) is 0 Å². The maximum atomic E-state index is 13.4. The first-order valence-corrected chi connectivity index (χ1v) is 14.5. The van der Waals surface area contributed by atoms with Crippen LogP contribution in [0.15, 0.2) is 0 Å². The van der Waals surface area contributed by atoms with Crippen LogP contribution in [-0.2, 0) is 38.2 Å². The van der Waals surface area contributed by atoms with E-state index in [9.17, 15) is 38.7 Å². The molecular formula is C25H41N7O10S. The second-order valence-electron chi connectivity index (χ2n) is 10.6. The standard InChI is InChI=1S/C25H41N7O10S/c1-5-41-23(28)43-12-15(21(37)32-10-6-7-16(32)22(38)39)30-20(36)14(11-18(27)34)29-19(35)13(8-9-17(26)33)31-24(40)42-25(2,3)4/h13-16,28H,5-12H2,1-4H3,(H2,26,33)(H2,27,34)(H,29,35)(H,30,36)(H,31,40)(H,38,39)/t13-,14-,15-,16-/m0/s1. The molecule has 1 fully saturated rings. The SMILES string of the molecule is CCOC(=N)SC[C@H](NC(=O)[C@H](CC(N)=O)NC(=O)[C@H](CCC(N)=O)NC(=O)OC(C)(C)C)C(=O)N1CCC[C@H]1C(=O)O. The van der Waals surface area contributed by atoms with Crippen LogP contribution in [0.4, 0.5) is 4.79 Å². The summed E-state index contributed by atoms with van der Waals surface area (Å²) in [4.78, 5) is 88.1. The van der Waals surface area contributed by atoms with Gasteiger partial charge in [0.1, 0.15) is 29.8 Å². The van der Waals surface area contributed by atoms with Crippen LogP contribution in [0.3, 0.4) is 0 Å². The molecule has 18 heteroatoms. The topological polar surface area (TPSA) is 273 Å². The normalized spacial score (nSPS) is 16.7. The van der Waals surface area contributed by atoms with Crippen molar-refractivity contribution in [2.45, 2.75) is 89.6 Å². The Morgan fingerprint density at radius 2 is 1.60 bits per heavy atom. The Kier molecular flexibility index (Phi) is 14.7. The molecule has 4 atom stereocenters. The Morgan fingerprint density at radius 3 is 2.14 bits per heavy atom. The molecule has 1 rings (SSSR count). The van der Waals surface area contributed by atoms with E-state index in [4.69, 9.17) is 26.4 Å². The molecule has 0 bridgehead atoms. The van der Waals surface area contributed by atoms with Gasteiger partial charge < -0.3 is 46.9 Å². The summed E-state index contributed by atoms with van der Waals surface area (Å²) in [6.07, 6.45) is -1.66. The maximum absolute atomic E-state index is 13.4. The molecule has 1 aliphatic rings. The highest BCUT2D eigenvalue weighted by atomic mass is 32.2. The van der Waals surface area contributed by atoms with Gasteiger partial charge in [0.05, 0.1) is 13.0 Å². The van der Waals surface area contributed by atoms with Crippen LogP contribution >= 0.6 is 11.8 Å². The van der Waals surface area contributed by atoms with E-state index in [0.29, 0.717) is 6.42 Å². The molecule has 0 aromatic carbocycles. The van der Waals surface area contributed by atoms with Crippen molar-refractivity contribution in [1.82, 2.24) is 20.9 Å². The molecule has 6 amide bonds. The van der Waals surface area contributed by atoms with Crippen LogP contribution in [0.1, 0.15) is 59.8 Å². The largest absolute Gasteiger partial charge is 0.480 e. The summed E-state index contributed by atoms with van der Waals surface area (Å²) < 4.78 is 10.2. The number of carboxylic acid groups (broad SMARTS) is 1. The number of carbonyl (C=O) groups is 7. The molecule has 17 nitrogen and oxygen atoms in total. The minimum atomic E-state index is -1.64. The number of primary amides is 2. The van der Waals surface area contributed by atoms with Gasteiger partial charge in [0.2, 0.25) is 34.8 Å². The third-order valence-corrected chi connectivity index (χ3v) is 6.70. The van der Waals surface area contributed by atoms with Gasteiger partial charge in [-0.05, 0) is 47.0 Å². The average molecular weight is 632 g/mol. The molecular weight excluding hydrogens is 590 g/mol. The van der Waals surface area contributed by atoms with Gasteiger partial charge in [0, 0.05) is 18.7 Å². The van der Waals surface area contributed by atoms with Gasteiger partial charge in [-0.15, -0.1) is 0 Å². The maximum Gasteiger partial charge on any atom is 0.408 e. The number of likely N-dealkylation sites (tertiary alicyclic amines) is 1. The minimum Gasteiger partial charge on any atom is -0.480 e. The van der Waals surface area contributed by atoms with Crippen LogP contribution < -0.4 is 27.4 Å². The smallest absolute Gasteiger partial charge is 0.408 e. The Balaban J connectivity index is 3.20. The summed E-state index contributed by atoms with van der Waals surface area (Å²) in [5, 5.41) is 24.1. The monoisotopic (exact) mass is 631 g/mol. The fourth-order valence-corrected chi connectivity index (χ4v) is 4.70. The molecule has 1 aliphatic heterocycles. The van der Waals surface area contributed by atoms with Gasteiger partial charge in [-0.2, -0.15) is 0 Å². The van der Waals surface area contributed by atoms with Crippen LogP contribution in [0.2, 0.25) is 0 Å². The van der Waals surface area contributed by atoms with Crippen molar-refractivity contribution in [3.8, 4) is 0 Å². The summed E-state index contributed by atoms with van der Waals surface area (Å²) >= 11 is 0.780. The zero-order valence-corrected chi connectivity index (χ0v) is 25.4. The number of ether oxygens (including phenoxy) is 2. The number of thioether (sulfide) groups is 1. The number of aliphatic carboxylic acids is 1. The highest BCUT2D eigenvalue weighted by Crippen LogP contribution is 2.20. The lowest BCUT2D eigenvalue weighted by Gasteiger charge is -2.29. The number of carbonyl (C=O) groups excluding carboxylic acids is 6. The Labute approximate surface area is 253 Å². The second kappa shape index (κ2) is 17.1. The van der Waals surface area contributed by atoms with E-state index in [1.807, 2.05) is 0 Å². The predicted octanol–water partition coefficient (Wildman–Crippen LogP) is -1.23. The van der Waals surface area contributed by atoms with Crippen molar-refractivity contribution in [3.05, 3.63) is 0 Å². The van der Waals surface area contributed by atoms with Gasteiger partial charge >= 0.3 is 12.1 Å². The third kappa shape index (κ3) is 13.6. The van der Waals surface area contributed by atoms with Crippen molar-refractivity contribution in [2.75, 3.05) is 18.9 Å². The molecule has 0 radical (unpaired) electrons. The first kappa shape index (κ1) is 36.9. The summed E-state index contributed by atoms with van der Waals surface area (Å²) in [5.74, 6) is -5.96. The summed E-state index contributed by atoms with van der Waals surface area (Å²) in [5.41, 5.74) is 9.56. The number of hydrogen-bond donors (Lipinski definition) is 7. The summed E-state index contributed by atoms with van der Waals surface area (Å²) in [6.45, 7) is 6.70. The summed E-state index contributed by atoms with van der Waals surface area (Å²) in [6, 6.07) is -5.54. The number of rotatable bonds is 15. The molecule has 0 spiro atoms. The lowest BCUT2D eigenvalue weighted by molar-refractivity contribution is -0.149.